The predicted octanol–water partition coefficient (Wildman–Crippen LogP) is 3.63. The normalized spacial score (nSPS) is 11.5. The SMILES string of the molecule is COc1cc(/C=N\NS(=O)(=O)c2ccccc2)ccc1OC(=O)/C=C/c1ccccc1. The van der Waals surface area contributed by atoms with E-state index in [0.717, 1.165) is 5.56 Å². The molecular formula is C23H20N2O5S. The van der Waals surface area contributed by atoms with Crippen LogP contribution in [0.25, 0.3) is 6.08 Å². The molecule has 7 nitrogen and oxygen atoms in total. The molecule has 0 amide bonds. The number of methoxy groups -OCH3 is 1. The van der Waals surface area contributed by atoms with Gasteiger partial charge >= 0.3 is 5.97 Å². The van der Waals surface area contributed by atoms with Crippen molar-refractivity contribution in [3.8, 4) is 11.5 Å². The molecule has 0 aliphatic rings. The molecule has 0 atom stereocenters. The average Bonchev–Trinajstić information content (AvgIpc) is 2.80. The Hall–Kier alpha value is -3.91. The second-order valence-corrected chi connectivity index (χ2v) is 7.90. The minimum Gasteiger partial charge on any atom is -0.493 e. The Morgan fingerprint density at radius 1 is 0.903 bits per heavy atom. The largest absolute Gasteiger partial charge is 0.493 e. The molecule has 0 unspecified atom stereocenters. The quantitative estimate of drug-likeness (QED) is 0.191. The number of benzene rings is 3. The van der Waals surface area contributed by atoms with Crippen LogP contribution in [-0.4, -0.2) is 27.7 Å². The number of rotatable bonds is 8. The number of ether oxygens (including phenoxy) is 2. The predicted molar refractivity (Wildman–Crippen MR) is 118 cm³/mol. The van der Waals surface area contributed by atoms with Crippen LogP contribution in [0.1, 0.15) is 11.1 Å². The molecule has 31 heavy (non-hydrogen) atoms. The number of sulfonamides is 1. The molecule has 1 N–H and O–H groups in total. The number of nitrogens with zero attached hydrogens (tertiary/aromatic N) is 1. The van der Waals surface area contributed by atoms with Crippen LogP contribution >= 0.6 is 0 Å². The van der Waals surface area contributed by atoms with E-state index >= 15 is 0 Å². The van der Waals surface area contributed by atoms with E-state index in [1.54, 1.807) is 42.5 Å². The van der Waals surface area contributed by atoms with Gasteiger partial charge in [-0.1, -0.05) is 48.5 Å². The van der Waals surface area contributed by atoms with E-state index in [4.69, 9.17) is 9.47 Å². The third kappa shape index (κ3) is 6.28. The highest BCUT2D eigenvalue weighted by molar-refractivity contribution is 7.89. The van der Waals surface area contributed by atoms with Gasteiger partial charge in [0.15, 0.2) is 11.5 Å². The Morgan fingerprint density at radius 3 is 2.26 bits per heavy atom. The number of nitrogens with one attached hydrogen (secondary N) is 1. The first-order valence-electron chi connectivity index (χ1n) is 9.21. The summed E-state index contributed by atoms with van der Waals surface area (Å²) in [5.41, 5.74) is 1.42. The molecule has 0 spiro atoms. The fourth-order valence-corrected chi connectivity index (χ4v) is 3.35. The maximum atomic E-state index is 12.2. The molecule has 3 rings (SSSR count). The summed E-state index contributed by atoms with van der Waals surface area (Å²) in [7, 11) is -2.32. The summed E-state index contributed by atoms with van der Waals surface area (Å²) in [5.74, 6) is -0.0252. The maximum Gasteiger partial charge on any atom is 0.336 e. The minimum absolute atomic E-state index is 0.107. The van der Waals surface area contributed by atoms with Crippen molar-refractivity contribution < 1.29 is 22.7 Å². The van der Waals surface area contributed by atoms with Gasteiger partial charge in [0, 0.05) is 6.08 Å². The van der Waals surface area contributed by atoms with Gasteiger partial charge in [0.2, 0.25) is 0 Å². The van der Waals surface area contributed by atoms with E-state index < -0.39 is 16.0 Å². The lowest BCUT2D eigenvalue weighted by Crippen LogP contribution is -2.18. The Kier molecular flexibility index (Phi) is 7.18. The fraction of sp³-hybridized carbons (Fsp3) is 0.0435. The van der Waals surface area contributed by atoms with Crippen LogP contribution in [0.5, 0.6) is 11.5 Å². The number of hydrogen-bond donors (Lipinski definition) is 1. The van der Waals surface area contributed by atoms with Gasteiger partial charge in [-0.3, -0.25) is 0 Å². The zero-order valence-electron chi connectivity index (χ0n) is 16.6. The second-order valence-electron chi connectivity index (χ2n) is 6.24. The summed E-state index contributed by atoms with van der Waals surface area (Å²) in [4.78, 5) is 14.3. The summed E-state index contributed by atoms with van der Waals surface area (Å²) in [6, 6.07) is 22.0. The molecule has 8 heteroatoms. The minimum atomic E-state index is -3.76. The van der Waals surface area contributed by atoms with Crippen LogP contribution in [0.2, 0.25) is 0 Å². The zero-order chi connectivity index (χ0) is 22.1. The van der Waals surface area contributed by atoms with E-state index in [2.05, 4.69) is 9.93 Å². The number of carbonyl (C=O) groups is 1. The molecule has 0 bridgehead atoms. The van der Waals surface area contributed by atoms with Crippen LogP contribution in [0.3, 0.4) is 0 Å². The van der Waals surface area contributed by atoms with Gasteiger partial charge in [-0.25, -0.2) is 9.63 Å². The van der Waals surface area contributed by atoms with E-state index in [-0.39, 0.29) is 10.6 Å². The van der Waals surface area contributed by atoms with Crippen molar-refractivity contribution >= 4 is 28.3 Å². The Balaban J connectivity index is 1.66. The zero-order valence-corrected chi connectivity index (χ0v) is 17.5. The molecule has 0 aliphatic heterocycles. The average molecular weight is 436 g/mol. The summed E-state index contributed by atoms with van der Waals surface area (Å²) in [5, 5.41) is 3.78. The van der Waals surface area contributed by atoms with Gasteiger partial charge in [0.1, 0.15) is 0 Å². The van der Waals surface area contributed by atoms with Crippen LogP contribution in [0.4, 0.5) is 0 Å². The smallest absolute Gasteiger partial charge is 0.336 e. The number of carbonyl (C=O) groups excluding carboxylic acids is 1. The lowest BCUT2D eigenvalue weighted by atomic mass is 10.2. The van der Waals surface area contributed by atoms with E-state index in [9.17, 15) is 13.2 Å². The van der Waals surface area contributed by atoms with Gasteiger partial charge in [0.05, 0.1) is 18.2 Å². The maximum absolute atomic E-state index is 12.2. The van der Waals surface area contributed by atoms with Crippen molar-refractivity contribution in [2.24, 2.45) is 5.10 Å². The number of esters is 1. The molecule has 3 aromatic rings. The molecule has 0 aromatic heterocycles. The number of hydrazone groups is 1. The Morgan fingerprint density at radius 2 is 1.58 bits per heavy atom. The standard InChI is InChI=1S/C23H20N2O5S/c1-29-22-16-19(17-24-25-31(27,28)20-10-6-3-7-11-20)12-14-21(22)30-23(26)15-13-18-8-4-2-5-9-18/h2-17,25H,1H3/b15-13+,24-17-. The first-order valence-corrected chi connectivity index (χ1v) is 10.7. The van der Waals surface area contributed by atoms with Crippen LogP contribution in [0.15, 0.2) is 94.9 Å². The molecule has 0 saturated heterocycles. The van der Waals surface area contributed by atoms with Crippen molar-refractivity contribution in [2.75, 3.05) is 7.11 Å². The van der Waals surface area contributed by atoms with Gasteiger partial charge < -0.3 is 9.47 Å². The van der Waals surface area contributed by atoms with Crippen molar-refractivity contribution in [3.63, 3.8) is 0 Å². The first-order chi connectivity index (χ1) is 15.0. The summed E-state index contributed by atoms with van der Waals surface area (Å²) < 4.78 is 34.9. The van der Waals surface area contributed by atoms with Crippen LogP contribution < -0.4 is 14.3 Å². The highest BCUT2D eigenvalue weighted by Gasteiger charge is 2.12. The molecule has 0 aliphatic carbocycles. The third-order valence-corrected chi connectivity index (χ3v) is 5.29. The Labute approximate surface area is 180 Å². The summed E-state index contributed by atoms with van der Waals surface area (Å²) in [6.07, 6.45) is 4.29. The van der Waals surface area contributed by atoms with Crippen LogP contribution in [-0.2, 0) is 14.8 Å². The van der Waals surface area contributed by atoms with Gasteiger partial charge in [-0.05, 0) is 47.5 Å². The molecule has 0 heterocycles. The lowest BCUT2D eigenvalue weighted by Gasteiger charge is -2.08. The monoisotopic (exact) mass is 436 g/mol. The third-order valence-electron chi connectivity index (χ3n) is 4.05. The van der Waals surface area contributed by atoms with Crippen molar-refractivity contribution in [2.45, 2.75) is 4.90 Å². The van der Waals surface area contributed by atoms with Gasteiger partial charge in [0.25, 0.3) is 10.0 Å². The summed E-state index contributed by atoms with van der Waals surface area (Å²) in [6.45, 7) is 0. The Bertz CT molecular complexity index is 1190. The molecule has 0 radical (unpaired) electrons. The molecule has 0 saturated carbocycles. The van der Waals surface area contributed by atoms with E-state index in [1.807, 2.05) is 30.3 Å². The fourth-order valence-electron chi connectivity index (χ4n) is 2.54. The van der Waals surface area contributed by atoms with Gasteiger partial charge in [-0.15, -0.1) is 0 Å². The highest BCUT2D eigenvalue weighted by Crippen LogP contribution is 2.27. The molecular weight excluding hydrogens is 416 g/mol. The number of hydrogen-bond acceptors (Lipinski definition) is 6. The molecule has 158 valence electrons. The van der Waals surface area contributed by atoms with Crippen molar-refractivity contribution in [1.82, 2.24) is 4.83 Å². The highest BCUT2D eigenvalue weighted by atomic mass is 32.2. The first kappa shape index (κ1) is 21.8. The topological polar surface area (TPSA) is 94.1 Å². The van der Waals surface area contributed by atoms with Gasteiger partial charge in [-0.2, -0.15) is 13.5 Å². The van der Waals surface area contributed by atoms with E-state index in [0.29, 0.717) is 11.3 Å². The molecule has 3 aromatic carbocycles. The second kappa shape index (κ2) is 10.2. The molecule has 0 fully saturated rings. The van der Waals surface area contributed by atoms with Crippen molar-refractivity contribution in [3.05, 3.63) is 96.1 Å². The van der Waals surface area contributed by atoms with Crippen LogP contribution in [0, 0.1) is 0 Å². The van der Waals surface area contributed by atoms with E-state index in [1.165, 1.54) is 31.5 Å². The lowest BCUT2D eigenvalue weighted by molar-refractivity contribution is -0.129. The van der Waals surface area contributed by atoms with Crippen molar-refractivity contribution in [1.29, 1.82) is 0 Å². The summed E-state index contributed by atoms with van der Waals surface area (Å²) >= 11 is 0.